The molecule has 1 atom stereocenters. The average molecular weight is 248 g/mol. The molecule has 0 bridgehead atoms. The number of carbonyl (C=O) groups is 1. The van der Waals surface area contributed by atoms with Gasteiger partial charge in [0.2, 0.25) is 0 Å². The van der Waals surface area contributed by atoms with Crippen LogP contribution in [0.4, 0.5) is 0 Å². The van der Waals surface area contributed by atoms with Gasteiger partial charge in [-0.15, -0.1) is 0 Å². The van der Waals surface area contributed by atoms with E-state index in [1.807, 2.05) is 30.3 Å². The van der Waals surface area contributed by atoms with Gasteiger partial charge in [-0.05, 0) is 17.7 Å². The third-order valence-corrected chi connectivity index (χ3v) is 2.67. The van der Waals surface area contributed by atoms with Crippen LogP contribution in [0.15, 0.2) is 36.4 Å². The number of benzene rings is 1. The highest BCUT2D eigenvalue weighted by molar-refractivity contribution is 5.82. The minimum atomic E-state index is -0.292. The second-order valence-corrected chi connectivity index (χ2v) is 4.06. The van der Waals surface area contributed by atoms with Crippen molar-refractivity contribution in [3.05, 3.63) is 42.0 Å². The van der Waals surface area contributed by atoms with Crippen LogP contribution in [0, 0.1) is 0 Å². The summed E-state index contributed by atoms with van der Waals surface area (Å²) in [6, 6.07) is 7.68. The first kappa shape index (κ1) is 12.6. The zero-order valence-corrected chi connectivity index (χ0v) is 10.3. The summed E-state index contributed by atoms with van der Waals surface area (Å²) in [5.41, 5.74) is 1.06. The van der Waals surface area contributed by atoms with Crippen LogP contribution >= 0.6 is 0 Å². The quantitative estimate of drug-likeness (QED) is 0.748. The molecule has 0 fully saturated rings. The summed E-state index contributed by atoms with van der Waals surface area (Å²) in [7, 11) is 1.64. The SMILES string of the molecule is COc1ccc(COC[C@H]2CC=CC(=O)O2)cc1. The van der Waals surface area contributed by atoms with Crippen molar-refractivity contribution in [3.63, 3.8) is 0 Å². The maximum atomic E-state index is 11.0. The molecule has 1 aromatic carbocycles. The van der Waals surface area contributed by atoms with E-state index in [-0.39, 0.29) is 12.1 Å². The lowest BCUT2D eigenvalue weighted by Gasteiger charge is -2.18. The van der Waals surface area contributed by atoms with Gasteiger partial charge in [0.1, 0.15) is 11.9 Å². The summed E-state index contributed by atoms with van der Waals surface area (Å²) in [6.07, 6.45) is 3.81. The minimum absolute atomic E-state index is 0.166. The Morgan fingerprint density at radius 1 is 1.33 bits per heavy atom. The number of rotatable bonds is 5. The van der Waals surface area contributed by atoms with E-state index in [2.05, 4.69) is 0 Å². The molecule has 0 aliphatic carbocycles. The molecule has 0 radical (unpaired) electrons. The second-order valence-electron chi connectivity index (χ2n) is 4.06. The highest BCUT2D eigenvalue weighted by atomic mass is 16.6. The number of hydrogen-bond donors (Lipinski definition) is 0. The zero-order valence-electron chi connectivity index (χ0n) is 10.3. The fraction of sp³-hybridized carbons (Fsp3) is 0.357. The van der Waals surface area contributed by atoms with Crippen LogP contribution in [0.25, 0.3) is 0 Å². The maximum Gasteiger partial charge on any atom is 0.330 e. The van der Waals surface area contributed by atoms with Crippen LogP contribution < -0.4 is 4.74 Å². The molecule has 96 valence electrons. The van der Waals surface area contributed by atoms with Gasteiger partial charge in [0, 0.05) is 12.5 Å². The van der Waals surface area contributed by atoms with Crippen molar-refractivity contribution in [2.24, 2.45) is 0 Å². The summed E-state index contributed by atoms with van der Waals surface area (Å²) in [5, 5.41) is 0. The lowest BCUT2D eigenvalue weighted by Crippen LogP contribution is -2.24. The van der Waals surface area contributed by atoms with Crippen LogP contribution in [0.2, 0.25) is 0 Å². The van der Waals surface area contributed by atoms with Crippen molar-refractivity contribution >= 4 is 5.97 Å². The summed E-state index contributed by atoms with van der Waals surface area (Å²) in [4.78, 5) is 11.0. The first-order chi connectivity index (χ1) is 8.78. The smallest absolute Gasteiger partial charge is 0.330 e. The summed E-state index contributed by atoms with van der Waals surface area (Å²) >= 11 is 0. The highest BCUT2D eigenvalue weighted by Crippen LogP contribution is 2.13. The summed E-state index contributed by atoms with van der Waals surface area (Å²) in [6.45, 7) is 0.921. The molecule has 1 aromatic rings. The van der Waals surface area contributed by atoms with Gasteiger partial charge in [-0.3, -0.25) is 0 Å². The largest absolute Gasteiger partial charge is 0.497 e. The van der Waals surface area contributed by atoms with E-state index in [9.17, 15) is 4.79 Å². The molecule has 0 N–H and O–H groups in total. The predicted octanol–water partition coefficient (Wildman–Crippen LogP) is 2.08. The minimum Gasteiger partial charge on any atom is -0.497 e. The Balaban J connectivity index is 1.74. The number of methoxy groups -OCH3 is 1. The monoisotopic (exact) mass is 248 g/mol. The van der Waals surface area contributed by atoms with E-state index in [4.69, 9.17) is 14.2 Å². The summed E-state index contributed by atoms with van der Waals surface area (Å²) < 4.78 is 15.7. The van der Waals surface area contributed by atoms with E-state index in [1.54, 1.807) is 7.11 Å². The Morgan fingerprint density at radius 3 is 2.78 bits per heavy atom. The molecular weight excluding hydrogens is 232 g/mol. The number of carbonyl (C=O) groups excluding carboxylic acids is 1. The predicted molar refractivity (Wildman–Crippen MR) is 66.3 cm³/mol. The second kappa shape index (κ2) is 6.21. The number of hydrogen-bond acceptors (Lipinski definition) is 4. The van der Waals surface area contributed by atoms with E-state index in [1.165, 1.54) is 6.08 Å². The molecule has 0 spiro atoms. The van der Waals surface area contributed by atoms with Crippen molar-refractivity contribution in [3.8, 4) is 5.75 Å². The lowest BCUT2D eigenvalue weighted by molar-refractivity contribution is -0.147. The fourth-order valence-corrected chi connectivity index (χ4v) is 1.70. The molecule has 1 heterocycles. The molecule has 0 saturated heterocycles. The molecular formula is C14H16O4. The van der Waals surface area contributed by atoms with Gasteiger partial charge in [-0.1, -0.05) is 18.2 Å². The van der Waals surface area contributed by atoms with Gasteiger partial charge in [0.05, 0.1) is 20.3 Å². The Bertz CT molecular complexity index is 422. The van der Waals surface area contributed by atoms with Crippen LogP contribution in [0.3, 0.4) is 0 Å². The average Bonchev–Trinajstić information content (AvgIpc) is 2.40. The molecule has 4 heteroatoms. The van der Waals surface area contributed by atoms with Crippen molar-refractivity contribution in [1.29, 1.82) is 0 Å². The Morgan fingerprint density at radius 2 is 2.11 bits per heavy atom. The number of ether oxygens (including phenoxy) is 3. The highest BCUT2D eigenvalue weighted by Gasteiger charge is 2.15. The molecule has 18 heavy (non-hydrogen) atoms. The van der Waals surface area contributed by atoms with Crippen LogP contribution in [-0.2, 0) is 20.9 Å². The lowest BCUT2D eigenvalue weighted by atomic mass is 10.2. The number of cyclic esters (lactones) is 1. The van der Waals surface area contributed by atoms with Crippen LogP contribution in [-0.4, -0.2) is 25.8 Å². The van der Waals surface area contributed by atoms with E-state index < -0.39 is 0 Å². The standard InChI is InChI=1S/C14H16O4/c1-16-12-7-5-11(6-8-12)9-17-10-13-3-2-4-14(15)18-13/h2,4-8,13H,3,9-10H2,1H3/t13-/m1/s1. The van der Waals surface area contributed by atoms with Crippen LogP contribution in [0.5, 0.6) is 5.75 Å². The van der Waals surface area contributed by atoms with E-state index in [0.717, 1.165) is 11.3 Å². The fourth-order valence-electron chi connectivity index (χ4n) is 1.70. The van der Waals surface area contributed by atoms with E-state index in [0.29, 0.717) is 19.6 Å². The van der Waals surface area contributed by atoms with E-state index >= 15 is 0 Å². The molecule has 2 rings (SSSR count). The topological polar surface area (TPSA) is 44.8 Å². The Kier molecular flexibility index (Phi) is 4.36. The Labute approximate surface area is 106 Å². The van der Waals surface area contributed by atoms with Gasteiger partial charge in [-0.2, -0.15) is 0 Å². The molecule has 4 nitrogen and oxygen atoms in total. The summed E-state index contributed by atoms with van der Waals surface area (Å²) in [5.74, 6) is 0.532. The van der Waals surface area contributed by atoms with Crippen molar-refractivity contribution in [2.45, 2.75) is 19.1 Å². The van der Waals surface area contributed by atoms with Gasteiger partial charge in [-0.25, -0.2) is 4.79 Å². The first-order valence-corrected chi connectivity index (χ1v) is 5.86. The van der Waals surface area contributed by atoms with Crippen molar-refractivity contribution in [1.82, 2.24) is 0 Å². The van der Waals surface area contributed by atoms with Gasteiger partial charge < -0.3 is 14.2 Å². The zero-order chi connectivity index (χ0) is 12.8. The molecule has 0 unspecified atom stereocenters. The molecule has 0 aromatic heterocycles. The Hall–Kier alpha value is -1.81. The van der Waals surface area contributed by atoms with Gasteiger partial charge in [0.25, 0.3) is 0 Å². The maximum absolute atomic E-state index is 11.0. The molecule has 0 amide bonds. The molecule has 1 aliphatic rings. The van der Waals surface area contributed by atoms with Gasteiger partial charge in [0.15, 0.2) is 0 Å². The van der Waals surface area contributed by atoms with Crippen molar-refractivity contribution in [2.75, 3.05) is 13.7 Å². The van der Waals surface area contributed by atoms with Crippen molar-refractivity contribution < 1.29 is 19.0 Å². The van der Waals surface area contributed by atoms with Gasteiger partial charge >= 0.3 is 5.97 Å². The third kappa shape index (κ3) is 3.60. The van der Waals surface area contributed by atoms with Crippen LogP contribution in [0.1, 0.15) is 12.0 Å². The normalized spacial score (nSPS) is 18.5. The first-order valence-electron chi connectivity index (χ1n) is 5.86. The third-order valence-electron chi connectivity index (χ3n) is 2.67. The molecule has 1 aliphatic heterocycles. The number of esters is 1. The molecule has 0 saturated carbocycles.